The second-order valence-corrected chi connectivity index (χ2v) is 5.34. The van der Waals surface area contributed by atoms with Crippen LogP contribution in [0.15, 0.2) is 64.0 Å². The summed E-state index contributed by atoms with van der Waals surface area (Å²) in [5.74, 6) is 0.429. The molecule has 0 atom stereocenters. The predicted octanol–water partition coefficient (Wildman–Crippen LogP) is 2.02. The number of aromatic nitrogens is 4. The summed E-state index contributed by atoms with van der Waals surface area (Å²) in [5.41, 5.74) is 1.65. The molecule has 4 aromatic rings. The predicted molar refractivity (Wildman–Crippen MR) is 90.9 cm³/mol. The number of carbonyl (C=O) groups excluding carboxylic acids is 1. The van der Waals surface area contributed by atoms with Gasteiger partial charge in [-0.3, -0.25) is 14.9 Å². The van der Waals surface area contributed by atoms with Crippen LogP contribution in [0.5, 0.6) is 0 Å². The van der Waals surface area contributed by atoms with Crippen LogP contribution in [0.3, 0.4) is 0 Å². The summed E-state index contributed by atoms with van der Waals surface area (Å²) in [5, 5.41) is 6.79. The first-order valence-electron chi connectivity index (χ1n) is 7.56. The topological polar surface area (TPSA) is 106 Å². The first kappa shape index (κ1) is 14.9. The Morgan fingerprint density at radius 3 is 2.84 bits per heavy atom. The second-order valence-electron chi connectivity index (χ2n) is 5.34. The van der Waals surface area contributed by atoms with Crippen molar-refractivity contribution in [2.45, 2.75) is 6.54 Å². The number of aromatic amines is 1. The fourth-order valence-corrected chi connectivity index (χ4v) is 2.44. The van der Waals surface area contributed by atoms with Crippen LogP contribution in [0, 0.1) is 0 Å². The zero-order valence-corrected chi connectivity index (χ0v) is 13.0. The van der Waals surface area contributed by atoms with Crippen LogP contribution in [-0.2, 0) is 11.3 Å². The van der Waals surface area contributed by atoms with Crippen LogP contribution in [0.4, 0.5) is 5.95 Å². The number of carbonyl (C=O) groups is 1. The molecule has 1 amide bonds. The summed E-state index contributed by atoms with van der Waals surface area (Å²) in [6.07, 6.45) is 1.51. The van der Waals surface area contributed by atoms with Crippen molar-refractivity contribution < 1.29 is 9.21 Å². The van der Waals surface area contributed by atoms with E-state index in [4.69, 9.17) is 4.42 Å². The van der Waals surface area contributed by atoms with Crippen molar-refractivity contribution in [3.8, 4) is 11.5 Å². The molecule has 0 aliphatic carbocycles. The van der Waals surface area contributed by atoms with Crippen LogP contribution < -0.4 is 10.9 Å². The highest BCUT2D eigenvalue weighted by atomic mass is 16.3. The number of hydrogen-bond acceptors (Lipinski definition) is 5. The third-order valence-electron chi connectivity index (χ3n) is 3.58. The molecule has 3 heterocycles. The number of hydrogen-bond donors (Lipinski definition) is 2. The summed E-state index contributed by atoms with van der Waals surface area (Å²) in [4.78, 5) is 31.4. The number of nitrogens with zero attached hydrogens (tertiary/aromatic N) is 3. The molecule has 124 valence electrons. The lowest BCUT2D eigenvalue weighted by molar-refractivity contribution is -0.117. The summed E-state index contributed by atoms with van der Waals surface area (Å²) >= 11 is 0. The lowest BCUT2D eigenvalue weighted by atomic mass is 10.3. The van der Waals surface area contributed by atoms with Gasteiger partial charge in [0.05, 0.1) is 17.3 Å². The molecule has 0 unspecified atom stereocenters. The molecule has 8 heteroatoms. The van der Waals surface area contributed by atoms with E-state index < -0.39 is 5.91 Å². The van der Waals surface area contributed by atoms with Gasteiger partial charge in [0.15, 0.2) is 5.76 Å². The van der Waals surface area contributed by atoms with E-state index in [0.717, 1.165) is 15.7 Å². The molecule has 2 N–H and O–H groups in total. The van der Waals surface area contributed by atoms with Gasteiger partial charge in [-0.25, -0.2) is 9.67 Å². The number of amides is 1. The minimum atomic E-state index is -0.412. The van der Waals surface area contributed by atoms with E-state index in [1.54, 1.807) is 18.2 Å². The van der Waals surface area contributed by atoms with Gasteiger partial charge < -0.3 is 9.40 Å². The molecule has 1 aromatic carbocycles. The van der Waals surface area contributed by atoms with Crippen molar-refractivity contribution in [1.82, 2.24) is 19.7 Å². The van der Waals surface area contributed by atoms with Gasteiger partial charge in [0.1, 0.15) is 12.2 Å². The zero-order chi connectivity index (χ0) is 17.2. The Bertz CT molecular complexity index is 1060. The van der Waals surface area contributed by atoms with Crippen LogP contribution in [0.25, 0.3) is 22.5 Å². The monoisotopic (exact) mass is 335 g/mol. The SMILES string of the molecule is O=C(Cn1nc(-c2ccco2)ccc1=O)Nc1nc2ccccc2[nH]1. The molecule has 0 saturated heterocycles. The van der Waals surface area contributed by atoms with Gasteiger partial charge >= 0.3 is 0 Å². The fraction of sp³-hybridized carbons (Fsp3) is 0.0588. The van der Waals surface area contributed by atoms with Crippen LogP contribution in [0.2, 0.25) is 0 Å². The number of para-hydroxylation sites is 2. The van der Waals surface area contributed by atoms with Crippen molar-refractivity contribution in [1.29, 1.82) is 0 Å². The second kappa shape index (κ2) is 6.08. The fourth-order valence-electron chi connectivity index (χ4n) is 2.44. The number of anilines is 1. The first-order valence-corrected chi connectivity index (χ1v) is 7.56. The first-order chi connectivity index (χ1) is 12.2. The number of benzene rings is 1. The molecule has 0 aliphatic heterocycles. The van der Waals surface area contributed by atoms with Gasteiger partial charge in [0.2, 0.25) is 11.9 Å². The number of fused-ring (bicyclic) bond motifs is 1. The number of nitrogens with one attached hydrogen (secondary N) is 2. The van der Waals surface area contributed by atoms with Crippen molar-refractivity contribution in [3.05, 3.63) is 65.1 Å². The standard InChI is InChI=1S/C17H13N5O3/c23-15(20-17-18-11-4-1-2-5-12(11)19-17)10-22-16(24)8-7-13(21-22)14-6-3-9-25-14/h1-9H,10H2,(H2,18,19,20,23). The lowest BCUT2D eigenvalue weighted by Gasteiger charge is -2.05. The number of imidazole rings is 1. The average Bonchev–Trinajstić information content (AvgIpc) is 3.25. The minimum Gasteiger partial charge on any atom is -0.463 e. The van der Waals surface area contributed by atoms with Gasteiger partial charge in [-0.1, -0.05) is 12.1 Å². The van der Waals surface area contributed by atoms with Crippen LogP contribution >= 0.6 is 0 Å². The highest BCUT2D eigenvalue weighted by Gasteiger charge is 2.11. The van der Waals surface area contributed by atoms with Gasteiger partial charge in [-0.05, 0) is 30.3 Å². The van der Waals surface area contributed by atoms with Gasteiger partial charge in [-0.2, -0.15) is 5.10 Å². The highest BCUT2D eigenvalue weighted by Crippen LogP contribution is 2.15. The summed E-state index contributed by atoms with van der Waals surface area (Å²) in [6.45, 7) is -0.232. The maximum absolute atomic E-state index is 12.2. The molecule has 0 saturated carbocycles. The Morgan fingerprint density at radius 1 is 1.16 bits per heavy atom. The van der Waals surface area contributed by atoms with E-state index in [2.05, 4.69) is 20.4 Å². The third kappa shape index (κ3) is 3.05. The van der Waals surface area contributed by atoms with Gasteiger partial charge in [-0.15, -0.1) is 0 Å². The van der Waals surface area contributed by atoms with E-state index >= 15 is 0 Å². The number of furan rings is 1. The van der Waals surface area contributed by atoms with Crippen molar-refractivity contribution in [2.24, 2.45) is 0 Å². The molecular weight excluding hydrogens is 322 g/mol. The molecule has 4 rings (SSSR count). The molecule has 25 heavy (non-hydrogen) atoms. The molecule has 0 spiro atoms. The van der Waals surface area contributed by atoms with Crippen LogP contribution in [0.1, 0.15) is 0 Å². The molecular formula is C17H13N5O3. The number of rotatable bonds is 4. The maximum Gasteiger partial charge on any atom is 0.267 e. The van der Waals surface area contributed by atoms with E-state index in [-0.39, 0.29) is 12.1 Å². The van der Waals surface area contributed by atoms with Crippen LogP contribution in [-0.4, -0.2) is 25.7 Å². The Morgan fingerprint density at radius 2 is 2.04 bits per heavy atom. The molecule has 8 nitrogen and oxygen atoms in total. The molecule has 0 radical (unpaired) electrons. The van der Waals surface area contributed by atoms with E-state index in [0.29, 0.717) is 17.4 Å². The Labute approximate surface area is 141 Å². The largest absolute Gasteiger partial charge is 0.463 e. The third-order valence-corrected chi connectivity index (χ3v) is 3.58. The highest BCUT2D eigenvalue weighted by molar-refractivity contribution is 5.90. The van der Waals surface area contributed by atoms with Crippen molar-refractivity contribution >= 4 is 22.9 Å². The molecule has 0 bridgehead atoms. The van der Waals surface area contributed by atoms with Crippen molar-refractivity contribution in [2.75, 3.05) is 5.32 Å². The quantitative estimate of drug-likeness (QED) is 0.593. The Balaban J connectivity index is 1.54. The smallest absolute Gasteiger partial charge is 0.267 e. The van der Waals surface area contributed by atoms with E-state index in [1.165, 1.54) is 12.3 Å². The normalized spacial score (nSPS) is 10.9. The average molecular weight is 335 g/mol. The molecule has 3 aromatic heterocycles. The van der Waals surface area contributed by atoms with Crippen molar-refractivity contribution in [3.63, 3.8) is 0 Å². The zero-order valence-electron chi connectivity index (χ0n) is 13.0. The van der Waals surface area contributed by atoms with Gasteiger partial charge in [0.25, 0.3) is 5.56 Å². The Hall–Kier alpha value is -3.68. The summed E-state index contributed by atoms with van der Waals surface area (Å²) in [7, 11) is 0. The lowest BCUT2D eigenvalue weighted by Crippen LogP contribution is -2.29. The van der Waals surface area contributed by atoms with Gasteiger partial charge in [0, 0.05) is 6.07 Å². The minimum absolute atomic E-state index is 0.232. The van der Waals surface area contributed by atoms with E-state index in [1.807, 2.05) is 24.3 Å². The summed E-state index contributed by atoms with van der Waals surface area (Å²) < 4.78 is 6.33. The maximum atomic E-state index is 12.2. The molecule has 0 fully saturated rings. The number of H-pyrrole nitrogens is 1. The summed E-state index contributed by atoms with van der Waals surface area (Å²) in [6, 6.07) is 13.8. The Kier molecular flexibility index (Phi) is 3.62. The van der Waals surface area contributed by atoms with E-state index in [9.17, 15) is 9.59 Å². The molecule has 0 aliphatic rings.